The van der Waals surface area contributed by atoms with Gasteiger partial charge in [0.2, 0.25) is 0 Å². The predicted molar refractivity (Wildman–Crippen MR) is 71.7 cm³/mol. The largest absolute Gasteiger partial charge is 0.394 e. The van der Waals surface area contributed by atoms with Gasteiger partial charge in [-0.15, -0.1) is 0 Å². The van der Waals surface area contributed by atoms with E-state index in [1.165, 1.54) is 6.20 Å². The van der Waals surface area contributed by atoms with Crippen molar-refractivity contribution < 1.29 is 20.1 Å². The van der Waals surface area contributed by atoms with Gasteiger partial charge >= 0.3 is 5.69 Å². The Hall–Kier alpha value is -1.00. The van der Waals surface area contributed by atoms with Gasteiger partial charge in [-0.25, -0.2) is 4.79 Å². The van der Waals surface area contributed by atoms with Crippen LogP contribution < -0.4 is 11.2 Å². The number of halogens is 1. The van der Waals surface area contributed by atoms with E-state index < -0.39 is 35.8 Å². The van der Waals surface area contributed by atoms with Crippen molar-refractivity contribution in [2.45, 2.75) is 31.0 Å². The molecule has 2 heterocycles. The van der Waals surface area contributed by atoms with E-state index in [4.69, 9.17) is 9.84 Å². The van der Waals surface area contributed by atoms with Crippen LogP contribution in [0.3, 0.4) is 0 Å². The van der Waals surface area contributed by atoms with Crippen molar-refractivity contribution in [3.05, 3.63) is 32.6 Å². The second-order valence-electron chi connectivity index (χ2n) is 4.54. The highest BCUT2D eigenvalue weighted by atomic mass is 79.9. The molecular weight excluding hydrogens is 336 g/mol. The van der Waals surface area contributed by atoms with Crippen LogP contribution in [0.4, 0.5) is 0 Å². The molecule has 1 aliphatic rings. The first-order valence-corrected chi connectivity index (χ1v) is 7.13. The monoisotopic (exact) mass is 350 g/mol. The van der Waals surface area contributed by atoms with E-state index in [-0.39, 0.29) is 23.9 Å². The van der Waals surface area contributed by atoms with Crippen LogP contribution in [0.25, 0.3) is 0 Å². The van der Waals surface area contributed by atoms with Crippen molar-refractivity contribution in [1.82, 2.24) is 9.55 Å². The first kappa shape index (κ1) is 15.4. The zero-order chi connectivity index (χ0) is 14.9. The average Bonchev–Trinajstić information content (AvgIpc) is 2.79. The third-order valence-corrected chi connectivity index (χ3v) is 3.81. The Labute approximate surface area is 121 Å². The summed E-state index contributed by atoms with van der Waals surface area (Å²) < 4.78 is 6.44. The number of hydrogen-bond donors (Lipinski definition) is 4. The van der Waals surface area contributed by atoms with Gasteiger partial charge in [-0.2, -0.15) is 0 Å². The molecule has 4 N–H and O–H groups in total. The Balaban J connectivity index is 2.38. The van der Waals surface area contributed by atoms with Crippen LogP contribution in [-0.4, -0.2) is 49.0 Å². The molecule has 1 fully saturated rings. The second kappa shape index (κ2) is 6.19. The van der Waals surface area contributed by atoms with E-state index in [9.17, 15) is 19.8 Å². The van der Waals surface area contributed by atoms with Crippen LogP contribution >= 0.6 is 15.9 Å². The van der Waals surface area contributed by atoms with Gasteiger partial charge in [0, 0.05) is 17.9 Å². The SMILES string of the molecule is O=c1[nH]c(=O)n([C@H]2C[C@H](O)[C@@H](CO)O2)cc1[C@H](O)CBr. The number of hydrogen-bond acceptors (Lipinski definition) is 6. The number of ether oxygens (including phenoxy) is 1. The standard InChI is InChI=1S/C11H15BrN2O6/c12-2-7(17)5-3-14(11(19)13-10(5)18)9-1-6(16)8(4-15)20-9/h3,6-9,15-17H,1-2,4H2,(H,13,18,19)/t6-,7+,8+,9+/m0/s1. The van der Waals surface area contributed by atoms with Crippen molar-refractivity contribution in [1.29, 1.82) is 0 Å². The molecule has 1 aromatic rings. The molecule has 8 nitrogen and oxygen atoms in total. The van der Waals surface area contributed by atoms with Crippen LogP contribution in [0, 0.1) is 0 Å². The lowest BCUT2D eigenvalue weighted by atomic mass is 10.2. The van der Waals surface area contributed by atoms with Gasteiger partial charge in [-0.05, 0) is 0 Å². The van der Waals surface area contributed by atoms with Crippen molar-refractivity contribution in [3.63, 3.8) is 0 Å². The summed E-state index contributed by atoms with van der Waals surface area (Å²) in [5.41, 5.74) is -1.35. The molecule has 2 rings (SSSR count). The molecule has 0 unspecified atom stereocenters. The highest BCUT2D eigenvalue weighted by Gasteiger charge is 2.35. The molecule has 112 valence electrons. The summed E-state index contributed by atoms with van der Waals surface area (Å²) >= 11 is 3.05. The molecule has 1 aliphatic heterocycles. The van der Waals surface area contributed by atoms with Crippen molar-refractivity contribution in [3.8, 4) is 0 Å². The number of aliphatic hydroxyl groups is 3. The number of nitrogens with one attached hydrogen (secondary N) is 1. The lowest BCUT2D eigenvalue weighted by Crippen LogP contribution is -2.35. The maximum Gasteiger partial charge on any atom is 0.330 e. The summed E-state index contributed by atoms with van der Waals surface area (Å²) in [5.74, 6) is 0. The molecule has 0 aromatic carbocycles. The van der Waals surface area contributed by atoms with Crippen molar-refractivity contribution in [2.24, 2.45) is 0 Å². The molecule has 0 bridgehead atoms. The molecule has 0 amide bonds. The lowest BCUT2D eigenvalue weighted by molar-refractivity contribution is -0.0461. The van der Waals surface area contributed by atoms with Gasteiger partial charge in [-0.1, -0.05) is 15.9 Å². The normalized spacial score (nSPS) is 27.7. The van der Waals surface area contributed by atoms with Crippen LogP contribution in [0.2, 0.25) is 0 Å². The number of aromatic nitrogens is 2. The Morgan fingerprint density at radius 1 is 1.55 bits per heavy atom. The van der Waals surface area contributed by atoms with E-state index in [2.05, 4.69) is 20.9 Å². The minimum absolute atomic E-state index is 0.0204. The van der Waals surface area contributed by atoms with Gasteiger partial charge in [0.25, 0.3) is 5.56 Å². The first-order chi connectivity index (χ1) is 9.47. The fourth-order valence-corrected chi connectivity index (χ4v) is 2.43. The highest BCUT2D eigenvalue weighted by molar-refractivity contribution is 9.09. The minimum Gasteiger partial charge on any atom is -0.394 e. The molecule has 20 heavy (non-hydrogen) atoms. The number of alkyl halides is 1. The molecule has 0 aliphatic carbocycles. The van der Waals surface area contributed by atoms with E-state index in [0.29, 0.717) is 0 Å². The number of rotatable bonds is 4. The number of aromatic amines is 1. The molecule has 4 atom stereocenters. The Bertz CT molecular complexity index is 585. The maximum atomic E-state index is 11.8. The van der Waals surface area contributed by atoms with Gasteiger partial charge in [0.15, 0.2) is 0 Å². The quantitative estimate of drug-likeness (QED) is 0.495. The zero-order valence-electron chi connectivity index (χ0n) is 10.4. The summed E-state index contributed by atoms with van der Waals surface area (Å²) in [5, 5.41) is 28.5. The molecular formula is C11H15BrN2O6. The Morgan fingerprint density at radius 3 is 2.80 bits per heavy atom. The summed E-state index contributed by atoms with van der Waals surface area (Å²) in [7, 11) is 0. The summed E-state index contributed by atoms with van der Waals surface area (Å²) in [6.45, 7) is -0.368. The third kappa shape index (κ3) is 2.86. The van der Waals surface area contributed by atoms with Gasteiger partial charge < -0.3 is 20.1 Å². The Morgan fingerprint density at radius 2 is 2.25 bits per heavy atom. The van der Waals surface area contributed by atoms with Gasteiger partial charge in [0.1, 0.15) is 12.3 Å². The van der Waals surface area contributed by atoms with E-state index in [1.807, 2.05) is 0 Å². The first-order valence-electron chi connectivity index (χ1n) is 6.01. The van der Waals surface area contributed by atoms with Crippen LogP contribution in [0.15, 0.2) is 15.8 Å². The van der Waals surface area contributed by atoms with E-state index in [1.54, 1.807) is 0 Å². The minimum atomic E-state index is -1.06. The van der Waals surface area contributed by atoms with Crippen LogP contribution in [-0.2, 0) is 4.74 Å². The van der Waals surface area contributed by atoms with Crippen molar-refractivity contribution >= 4 is 15.9 Å². The van der Waals surface area contributed by atoms with E-state index in [0.717, 1.165) is 4.57 Å². The predicted octanol–water partition coefficient (Wildman–Crippen LogP) is -1.39. The van der Waals surface area contributed by atoms with Crippen LogP contribution in [0.1, 0.15) is 24.3 Å². The lowest BCUT2D eigenvalue weighted by Gasteiger charge is -2.16. The van der Waals surface area contributed by atoms with Crippen molar-refractivity contribution in [2.75, 3.05) is 11.9 Å². The molecule has 9 heteroatoms. The number of aliphatic hydroxyl groups excluding tert-OH is 3. The average molecular weight is 351 g/mol. The van der Waals surface area contributed by atoms with Crippen LogP contribution in [0.5, 0.6) is 0 Å². The number of nitrogens with zero attached hydrogens (tertiary/aromatic N) is 1. The fourth-order valence-electron chi connectivity index (χ4n) is 2.09. The fraction of sp³-hybridized carbons (Fsp3) is 0.636. The molecule has 0 spiro atoms. The topological polar surface area (TPSA) is 125 Å². The van der Waals surface area contributed by atoms with Gasteiger partial charge in [-0.3, -0.25) is 14.3 Å². The third-order valence-electron chi connectivity index (χ3n) is 3.19. The zero-order valence-corrected chi connectivity index (χ0v) is 12.0. The molecule has 1 saturated heterocycles. The second-order valence-corrected chi connectivity index (χ2v) is 5.18. The van der Waals surface area contributed by atoms with E-state index >= 15 is 0 Å². The summed E-state index contributed by atoms with van der Waals surface area (Å²) in [4.78, 5) is 25.5. The molecule has 0 saturated carbocycles. The summed E-state index contributed by atoms with van der Waals surface area (Å²) in [6, 6.07) is 0. The molecule has 1 aromatic heterocycles. The smallest absolute Gasteiger partial charge is 0.330 e. The highest BCUT2D eigenvalue weighted by Crippen LogP contribution is 2.27. The maximum absolute atomic E-state index is 11.8. The van der Waals surface area contributed by atoms with Gasteiger partial charge in [0.05, 0.1) is 24.4 Å². The molecule has 0 radical (unpaired) electrons. The Kier molecular flexibility index (Phi) is 4.76. The summed E-state index contributed by atoms with van der Waals surface area (Å²) in [6.07, 6.45) is -2.21. The number of H-pyrrole nitrogens is 1.